The van der Waals surface area contributed by atoms with Crippen molar-refractivity contribution in [2.45, 2.75) is 25.3 Å². The zero-order valence-electron chi connectivity index (χ0n) is 17.3. The number of nitrogens with zero attached hydrogens (tertiary/aromatic N) is 1. The maximum absolute atomic E-state index is 12.6. The lowest BCUT2D eigenvalue weighted by molar-refractivity contribution is -0.113. The first-order chi connectivity index (χ1) is 14.6. The van der Waals surface area contributed by atoms with E-state index in [1.54, 1.807) is 7.11 Å². The van der Waals surface area contributed by atoms with E-state index in [0.29, 0.717) is 30.4 Å². The largest absolute Gasteiger partial charge is 0.495 e. The molecule has 0 saturated heterocycles. The second-order valence-corrected chi connectivity index (χ2v) is 8.00. The topological polar surface area (TPSA) is 69.7 Å². The van der Waals surface area contributed by atoms with Crippen molar-refractivity contribution in [2.75, 3.05) is 31.4 Å². The molecule has 4 rings (SSSR count). The molecule has 1 aliphatic rings. The first-order valence-corrected chi connectivity index (χ1v) is 10.9. The molecule has 30 heavy (non-hydrogen) atoms. The summed E-state index contributed by atoms with van der Waals surface area (Å²) >= 11 is 1.43. The molecule has 2 heterocycles. The highest BCUT2D eigenvalue weighted by molar-refractivity contribution is 8.00. The number of aryl methyl sites for hydroxylation is 2. The fourth-order valence-electron chi connectivity index (χ4n) is 3.35. The van der Waals surface area contributed by atoms with E-state index in [4.69, 9.17) is 19.2 Å². The Morgan fingerprint density at radius 2 is 1.93 bits per heavy atom. The van der Waals surface area contributed by atoms with Crippen LogP contribution in [0.25, 0.3) is 10.9 Å². The van der Waals surface area contributed by atoms with E-state index in [-0.39, 0.29) is 11.7 Å². The van der Waals surface area contributed by atoms with Gasteiger partial charge in [-0.25, -0.2) is 4.98 Å². The van der Waals surface area contributed by atoms with Crippen molar-refractivity contribution in [3.05, 3.63) is 47.5 Å². The minimum Gasteiger partial charge on any atom is -0.495 e. The maximum atomic E-state index is 12.6. The minimum atomic E-state index is -0.102. The lowest BCUT2D eigenvalue weighted by Crippen LogP contribution is -2.15. The fourth-order valence-corrected chi connectivity index (χ4v) is 4.25. The summed E-state index contributed by atoms with van der Waals surface area (Å²) in [5.41, 5.74) is 3.66. The number of fused-ring (bicyclic) bond motifs is 2. The van der Waals surface area contributed by atoms with E-state index in [0.717, 1.165) is 39.2 Å². The number of pyridine rings is 1. The fraction of sp³-hybridized carbons (Fsp3) is 0.304. The van der Waals surface area contributed by atoms with Gasteiger partial charge < -0.3 is 19.5 Å². The van der Waals surface area contributed by atoms with Crippen molar-refractivity contribution in [2.24, 2.45) is 0 Å². The van der Waals surface area contributed by atoms with E-state index in [2.05, 4.69) is 18.3 Å². The van der Waals surface area contributed by atoms with Crippen LogP contribution in [-0.2, 0) is 11.2 Å². The van der Waals surface area contributed by atoms with Crippen molar-refractivity contribution in [3.8, 4) is 17.2 Å². The molecule has 1 aromatic heterocycles. The van der Waals surface area contributed by atoms with Gasteiger partial charge in [-0.05, 0) is 48.7 Å². The normalized spacial score (nSPS) is 12.6. The number of rotatable bonds is 6. The summed E-state index contributed by atoms with van der Waals surface area (Å²) < 4.78 is 16.7. The van der Waals surface area contributed by atoms with Gasteiger partial charge in [0.25, 0.3) is 0 Å². The molecule has 3 aromatic rings. The molecule has 6 nitrogen and oxygen atoms in total. The number of aromatic nitrogens is 1. The molecule has 0 aliphatic carbocycles. The van der Waals surface area contributed by atoms with Crippen LogP contribution in [0.3, 0.4) is 0 Å². The molecule has 0 fully saturated rings. The van der Waals surface area contributed by atoms with Gasteiger partial charge in [-0.15, -0.1) is 0 Å². The van der Waals surface area contributed by atoms with Crippen molar-refractivity contribution in [3.63, 3.8) is 0 Å². The molecule has 156 valence electrons. The Bertz CT molecular complexity index is 1100. The predicted octanol–water partition coefficient (Wildman–Crippen LogP) is 4.62. The monoisotopic (exact) mass is 424 g/mol. The number of ether oxygens (including phenoxy) is 3. The van der Waals surface area contributed by atoms with Crippen LogP contribution in [0.4, 0.5) is 5.69 Å². The Hall–Kier alpha value is -2.93. The summed E-state index contributed by atoms with van der Waals surface area (Å²) in [7, 11) is 1.59. The van der Waals surface area contributed by atoms with Crippen molar-refractivity contribution in [1.82, 2.24) is 4.98 Å². The summed E-state index contributed by atoms with van der Waals surface area (Å²) in [6.45, 7) is 5.16. The molecular weight excluding hydrogens is 400 g/mol. The summed E-state index contributed by atoms with van der Waals surface area (Å²) in [5.74, 6) is 2.27. The Morgan fingerprint density at radius 3 is 2.67 bits per heavy atom. The van der Waals surface area contributed by atoms with Crippen LogP contribution in [0.5, 0.6) is 17.2 Å². The zero-order chi connectivity index (χ0) is 21.1. The average Bonchev–Trinajstić information content (AvgIpc) is 2.75. The second kappa shape index (κ2) is 8.83. The number of nitrogens with one attached hydrogen (secondary N) is 1. The third-order valence-electron chi connectivity index (χ3n) is 4.87. The summed E-state index contributed by atoms with van der Waals surface area (Å²) in [4.78, 5) is 17.4. The highest BCUT2D eigenvalue weighted by Gasteiger charge is 2.16. The number of anilines is 1. The first-order valence-electron chi connectivity index (χ1n) is 9.88. The Labute approximate surface area is 179 Å². The van der Waals surface area contributed by atoms with Gasteiger partial charge in [-0.1, -0.05) is 24.8 Å². The van der Waals surface area contributed by atoms with Crippen LogP contribution >= 0.6 is 11.8 Å². The Kier molecular flexibility index (Phi) is 5.99. The molecule has 0 spiro atoms. The van der Waals surface area contributed by atoms with Crippen LogP contribution < -0.4 is 19.5 Å². The molecule has 0 radical (unpaired) electrons. The molecular formula is C23H24N2O4S. The third kappa shape index (κ3) is 4.31. The zero-order valence-corrected chi connectivity index (χ0v) is 18.1. The van der Waals surface area contributed by atoms with Gasteiger partial charge in [0.05, 0.1) is 24.1 Å². The van der Waals surface area contributed by atoms with Crippen LogP contribution in [-0.4, -0.2) is 37.0 Å². The third-order valence-corrected chi connectivity index (χ3v) is 5.90. The van der Waals surface area contributed by atoms with Gasteiger partial charge in [0.15, 0.2) is 11.5 Å². The molecule has 0 bridgehead atoms. The maximum Gasteiger partial charge on any atom is 0.234 e. The smallest absolute Gasteiger partial charge is 0.234 e. The van der Waals surface area contributed by atoms with Gasteiger partial charge in [0, 0.05) is 11.5 Å². The molecule has 0 saturated carbocycles. The molecule has 7 heteroatoms. The Balaban J connectivity index is 1.53. The van der Waals surface area contributed by atoms with Crippen LogP contribution in [0.1, 0.15) is 18.1 Å². The van der Waals surface area contributed by atoms with Crippen LogP contribution in [0.2, 0.25) is 0 Å². The average molecular weight is 425 g/mol. The SMILES string of the molecule is CCc1cc2cc3c(cc2nc1SCC(=O)Nc1cc(C)ccc1OC)OCCO3. The number of hydrogen-bond donors (Lipinski definition) is 1. The van der Waals surface area contributed by atoms with Crippen LogP contribution in [0.15, 0.2) is 41.4 Å². The number of methoxy groups -OCH3 is 1. The van der Waals surface area contributed by atoms with E-state index < -0.39 is 0 Å². The van der Waals surface area contributed by atoms with Crippen molar-refractivity contribution < 1.29 is 19.0 Å². The first kappa shape index (κ1) is 20.3. The summed E-state index contributed by atoms with van der Waals surface area (Å²) in [5, 5.41) is 4.80. The lowest BCUT2D eigenvalue weighted by atomic mass is 10.1. The van der Waals surface area contributed by atoms with E-state index in [1.807, 2.05) is 37.3 Å². The van der Waals surface area contributed by atoms with Crippen molar-refractivity contribution >= 4 is 34.3 Å². The lowest BCUT2D eigenvalue weighted by Gasteiger charge is -2.19. The number of benzene rings is 2. The minimum absolute atomic E-state index is 0.102. The van der Waals surface area contributed by atoms with E-state index >= 15 is 0 Å². The molecule has 0 atom stereocenters. The predicted molar refractivity (Wildman–Crippen MR) is 119 cm³/mol. The summed E-state index contributed by atoms with van der Waals surface area (Å²) in [6, 6.07) is 11.7. The molecule has 1 amide bonds. The standard InChI is InChI=1S/C23H24N2O4S/c1-4-15-10-16-11-20-21(29-8-7-28-20)12-17(16)25-23(15)30-13-22(26)24-18-9-14(2)5-6-19(18)27-3/h5-6,9-12H,4,7-8,13H2,1-3H3,(H,24,26). The number of amides is 1. The van der Waals surface area contributed by atoms with Gasteiger partial charge in [-0.2, -0.15) is 0 Å². The van der Waals surface area contributed by atoms with Gasteiger partial charge in [0.2, 0.25) is 5.91 Å². The number of thioether (sulfide) groups is 1. The van der Waals surface area contributed by atoms with Crippen LogP contribution in [0, 0.1) is 6.92 Å². The van der Waals surface area contributed by atoms with Gasteiger partial charge in [-0.3, -0.25) is 4.79 Å². The summed E-state index contributed by atoms with van der Waals surface area (Å²) in [6.07, 6.45) is 0.826. The van der Waals surface area contributed by atoms with Gasteiger partial charge in [0.1, 0.15) is 24.0 Å². The highest BCUT2D eigenvalue weighted by Crippen LogP contribution is 2.36. The van der Waals surface area contributed by atoms with Gasteiger partial charge >= 0.3 is 0 Å². The molecule has 2 aromatic carbocycles. The number of hydrogen-bond acceptors (Lipinski definition) is 6. The molecule has 1 N–H and O–H groups in total. The number of carbonyl (C=O) groups is 1. The second-order valence-electron chi connectivity index (χ2n) is 7.04. The highest BCUT2D eigenvalue weighted by atomic mass is 32.2. The van der Waals surface area contributed by atoms with E-state index in [1.165, 1.54) is 11.8 Å². The number of carbonyl (C=O) groups excluding carboxylic acids is 1. The molecule has 1 aliphatic heterocycles. The van der Waals surface area contributed by atoms with Crippen molar-refractivity contribution in [1.29, 1.82) is 0 Å². The van der Waals surface area contributed by atoms with E-state index in [9.17, 15) is 4.79 Å². The Morgan fingerprint density at radius 1 is 1.17 bits per heavy atom. The quantitative estimate of drug-likeness (QED) is 0.583. The molecule has 0 unspecified atom stereocenters.